The van der Waals surface area contributed by atoms with Gasteiger partial charge in [-0.05, 0) is 42.5 Å². The summed E-state index contributed by atoms with van der Waals surface area (Å²) in [5.74, 6) is -0.463. The van der Waals surface area contributed by atoms with Gasteiger partial charge in [0.2, 0.25) is 0 Å². The van der Waals surface area contributed by atoms with Gasteiger partial charge in [0.25, 0.3) is 0 Å². The summed E-state index contributed by atoms with van der Waals surface area (Å²) in [6, 6.07) is 11.9. The molecule has 2 aromatic carbocycles. The number of rotatable bonds is 2. The topological polar surface area (TPSA) is 50.9 Å². The quantitative estimate of drug-likeness (QED) is 0.689. The standard InChI is InChI=1S/C15H11ClFN3/c16-11-4-3-9(8-12(11)17)20-14-6-5-13(18)15-10(14)2-1-7-19-15/h1-8,20H,18H2. The van der Waals surface area contributed by atoms with E-state index in [4.69, 9.17) is 17.3 Å². The molecular weight excluding hydrogens is 277 g/mol. The second-order valence-electron chi connectivity index (χ2n) is 4.36. The van der Waals surface area contributed by atoms with E-state index >= 15 is 0 Å². The Balaban J connectivity index is 2.06. The molecule has 0 fully saturated rings. The molecule has 3 aromatic rings. The van der Waals surface area contributed by atoms with Crippen LogP contribution < -0.4 is 11.1 Å². The third kappa shape index (κ3) is 2.26. The molecule has 0 aliphatic carbocycles. The van der Waals surface area contributed by atoms with Crippen molar-refractivity contribution in [1.82, 2.24) is 4.98 Å². The first-order valence-corrected chi connectivity index (χ1v) is 6.38. The number of nitrogens with two attached hydrogens (primary N) is 1. The number of hydrogen-bond acceptors (Lipinski definition) is 3. The minimum Gasteiger partial charge on any atom is -0.397 e. The van der Waals surface area contributed by atoms with E-state index in [-0.39, 0.29) is 5.02 Å². The van der Waals surface area contributed by atoms with Crippen LogP contribution in [0.4, 0.5) is 21.5 Å². The molecule has 0 radical (unpaired) electrons. The zero-order valence-electron chi connectivity index (χ0n) is 10.4. The van der Waals surface area contributed by atoms with Gasteiger partial charge in [0.05, 0.1) is 16.2 Å². The van der Waals surface area contributed by atoms with Gasteiger partial charge in [-0.25, -0.2) is 4.39 Å². The predicted octanol–water partition coefficient (Wildman–Crippen LogP) is 4.35. The van der Waals surface area contributed by atoms with Gasteiger partial charge >= 0.3 is 0 Å². The summed E-state index contributed by atoms with van der Waals surface area (Å²) in [6.07, 6.45) is 1.68. The Labute approximate surface area is 120 Å². The van der Waals surface area contributed by atoms with Crippen LogP contribution in [0.1, 0.15) is 0 Å². The van der Waals surface area contributed by atoms with E-state index in [9.17, 15) is 4.39 Å². The van der Waals surface area contributed by atoms with E-state index in [1.165, 1.54) is 12.1 Å². The number of nitrogens with zero attached hydrogens (tertiary/aromatic N) is 1. The molecule has 1 heterocycles. The van der Waals surface area contributed by atoms with E-state index in [2.05, 4.69) is 10.3 Å². The van der Waals surface area contributed by atoms with Gasteiger partial charge in [-0.2, -0.15) is 0 Å². The van der Waals surface area contributed by atoms with E-state index in [0.29, 0.717) is 16.9 Å². The molecule has 100 valence electrons. The zero-order chi connectivity index (χ0) is 14.1. The van der Waals surface area contributed by atoms with Gasteiger partial charge in [0, 0.05) is 23.0 Å². The Morgan fingerprint density at radius 3 is 2.80 bits per heavy atom. The van der Waals surface area contributed by atoms with E-state index in [1.807, 2.05) is 18.2 Å². The van der Waals surface area contributed by atoms with Crippen LogP contribution in [0.2, 0.25) is 5.02 Å². The molecule has 0 bridgehead atoms. The van der Waals surface area contributed by atoms with Crippen molar-refractivity contribution in [2.75, 3.05) is 11.1 Å². The molecule has 0 aliphatic rings. The van der Waals surface area contributed by atoms with Crippen LogP contribution in [0.3, 0.4) is 0 Å². The Morgan fingerprint density at radius 1 is 1.15 bits per heavy atom. The Kier molecular flexibility index (Phi) is 3.16. The van der Waals surface area contributed by atoms with Crippen LogP contribution in [0.25, 0.3) is 10.9 Å². The number of nitrogens with one attached hydrogen (secondary N) is 1. The second-order valence-corrected chi connectivity index (χ2v) is 4.76. The number of pyridine rings is 1. The predicted molar refractivity (Wildman–Crippen MR) is 80.8 cm³/mol. The summed E-state index contributed by atoms with van der Waals surface area (Å²) in [6.45, 7) is 0. The third-order valence-corrected chi connectivity index (χ3v) is 3.31. The first-order chi connectivity index (χ1) is 9.65. The van der Waals surface area contributed by atoms with Crippen molar-refractivity contribution in [3.8, 4) is 0 Å². The smallest absolute Gasteiger partial charge is 0.143 e. The molecule has 5 heteroatoms. The SMILES string of the molecule is Nc1ccc(Nc2ccc(Cl)c(F)c2)c2cccnc12. The maximum Gasteiger partial charge on any atom is 0.143 e. The summed E-state index contributed by atoms with van der Waals surface area (Å²) in [5.41, 5.74) is 8.64. The number of aromatic nitrogens is 1. The minimum absolute atomic E-state index is 0.0966. The maximum absolute atomic E-state index is 13.5. The molecular formula is C15H11ClFN3. The lowest BCUT2D eigenvalue weighted by Gasteiger charge is -2.11. The highest BCUT2D eigenvalue weighted by atomic mass is 35.5. The van der Waals surface area contributed by atoms with Crippen LogP contribution >= 0.6 is 11.6 Å². The maximum atomic E-state index is 13.5. The second kappa shape index (κ2) is 4.98. The van der Waals surface area contributed by atoms with Crippen LogP contribution in [-0.4, -0.2) is 4.98 Å². The van der Waals surface area contributed by atoms with Crippen molar-refractivity contribution in [2.45, 2.75) is 0 Å². The molecule has 0 saturated heterocycles. The first-order valence-electron chi connectivity index (χ1n) is 6.00. The fraction of sp³-hybridized carbons (Fsp3) is 0. The summed E-state index contributed by atoms with van der Waals surface area (Å²) >= 11 is 5.67. The van der Waals surface area contributed by atoms with E-state index < -0.39 is 5.82 Å². The Hall–Kier alpha value is -2.33. The molecule has 0 spiro atoms. The molecule has 1 aromatic heterocycles. The van der Waals surface area contributed by atoms with Gasteiger partial charge in [0.15, 0.2) is 0 Å². The fourth-order valence-electron chi connectivity index (χ4n) is 2.03. The molecule has 3 rings (SSSR count). The number of fused-ring (bicyclic) bond motifs is 1. The lowest BCUT2D eigenvalue weighted by Crippen LogP contribution is -1.96. The highest BCUT2D eigenvalue weighted by molar-refractivity contribution is 6.30. The molecule has 20 heavy (non-hydrogen) atoms. The Morgan fingerprint density at radius 2 is 2.00 bits per heavy atom. The largest absolute Gasteiger partial charge is 0.397 e. The number of benzene rings is 2. The molecule has 0 aliphatic heterocycles. The average molecular weight is 288 g/mol. The average Bonchev–Trinajstić information content (AvgIpc) is 2.46. The van der Waals surface area contributed by atoms with E-state index in [1.54, 1.807) is 18.3 Å². The number of anilines is 3. The van der Waals surface area contributed by atoms with Crippen LogP contribution in [-0.2, 0) is 0 Å². The van der Waals surface area contributed by atoms with Crippen molar-refractivity contribution in [3.63, 3.8) is 0 Å². The molecule has 0 unspecified atom stereocenters. The van der Waals surface area contributed by atoms with Gasteiger partial charge in [0.1, 0.15) is 5.82 Å². The zero-order valence-corrected chi connectivity index (χ0v) is 11.2. The molecule has 0 amide bonds. The van der Waals surface area contributed by atoms with E-state index in [0.717, 1.165) is 11.1 Å². The lowest BCUT2D eigenvalue weighted by molar-refractivity contribution is 0.629. The van der Waals surface area contributed by atoms with Gasteiger partial charge in [-0.3, -0.25) is 4.98 Å². The monoisotopic (exact) mass is 287 g/mol. The van der Waals surface area contributed by atoms with Crippen LogP contribution in [0.5, 0.6) is 0 Å². The number of halogens is 2. The summed E-state index contributed by atoms with van der Waals surface area (Å²) in [4.78, 5) is 4.25. The summed E-state index contributed by atoms with van der Waals surface area (Å²) in [5, 5.41) is 4.12. The fourth-order valence-corrected chi connectivity index (χ4v) is 2.15. The van der Waals surface area contributed by atoms with Crippen molar-refractivity contribution in [1.29, 1.82) is 0 Å². The van der Waals surface area contributed by atoms with Crippen molar-refractivity contribution in [3.05, 3.63) is 59.5 Å². The molecule has 3 N–H and O–H groups in total. The van der Waals surface area contributed by atoms with Gasteiger partial charge < -0.3 is 11.1 Å². The third-order valence-electron chi connectivity index (χ3n) is 3.00. The summed E-state index contributed by atoms with van der Waals surface area (Å²) in [7, 11) is 0. The van der Waals surface area contributed by atoms with Crippen molar-refractivity contribution < 1.29 is 4.39 Å². The van der Waals surface area contributed by atoms with Crippen molar-refractivity contribution in [2.24, 2.45) is 0 Å². The minimum atomic E-state index is -0.463. The highest BCUT2D eigenvalue weighted by Gasteiger charge is 2.06. The Bertz CT molecular complexity index is 789. The first kappa shape index (κ1) is 12.7. The van der Waals surface area contributed by atoms with Crippen LogP contribution in [0.15, 0.2) is 48.7 Å². The van der Waals surface area contributed by atoms with Gasteiger partial charge in [-0.1, -0.05) is 11.6 Å². The lowest BCUT2D eigenvalue weighted by atomic mass is 10.1. The van der Waals surface area contributed by atoms with Crippen molar-refractivity contribution >= 4 is 39.6 Å². The van der Waals surface area contributed by atoms with Crippen LogP contribution in [0, 0.1) is 5.82 Å². The summed E-state index contributed by atoms with van der Waals surface area (Å²) < 4.78 is 13.5. The molecule has 3 nitrogen and oxygen atoms in total. The van der Waals surface area contributed by atoms with Gasteiger partial charge in [-0.15, -0.1) is 0 Å². The normalized spacial score (nSPS) is 10.7. The highest BCUT2D eigenvalue weighted by Crippen LogP contribution is 2.29. The number of nitrogen functional groups attached to an aromatic ring is 1. The number of hydrogen-bond donors (Lipinski definition) is 2. The molecule has 0 atom stereocenters. The molecule has 0 saturated carbocycles.